The van der Waals surface area contributed by atoms with E-state index in [0.717, 1.165) is 25.7 Å². The van der Waals surface area contributed by atoms with Gasteiger partial charge in [0.2, 0.25) is 0 Å². The lowest BCUT2D eigenvalue weighted by Crippen LogP contribution is -1.85. The first-order chi connectivity index (χ1) is 51.5. The highest BCUT2D eigenvalue weighted by Gasteiger charge is 2.25. The first-order valence-corrected chi connectivity index (χ1v) is 48.8. The normalized spacial score (nSPS) is 11.8. The Morgan fingerprint density at radius 1 is 0.200 bits per heavy atom. The summed E-state index contributed by atoms with van der Waals surface area (Å²) in [5.41, 5.74) is 14.3. The number of aryl methyl sites for hydroxylation is 8. The molecule has 0 atom stereocenters. The molecule has 0 bridgehead atoms. The Morgan fingerprint density at radius 3 is 0.829 bits per heavy atom. The molecule has 0 unspecified atom stereocenters. The van der Waals surface area contributed by atoms with E-state index in [2.05, 4.69) is 236 Å². The molecule has 0 N–H and O–H groups in total. The summed E-state index contributed by atoms with van der Waals surface area (Å²) in [6, 6.07) is 62.4. The molecule has 0 saturated carbocycles. The smallest absolute Gasteiger partial charge is 0.0481 e. The van der Waals surface area contributed by atoms with E-state index < -0.39 is 0 Å². The van der Waals surface area contributed by atoms with Crippen LogP contribution in [0.5, 0.6) is 0 Å². The van der Waals surface area contributed by atoms with Crippen LogP contribution < -0.4 is 0 Å². The molecule has 0 spiro atoms. The fourth-order valence-corrected chi connectivity index (χ4v) is 28.9. The third-order valence-electron chi connectivity index (χ3n) is 20.2. The number of hydrogen-bond acceptors (Lipinski definition) is 12. The first-order valence-electron chi connectivity index (χ1n) is 39.0. The summed E-state index contributed by atoms with van der Waals surface area (Å²) in [6.07, 6.45) is 31.2. The summed E-state index contributed by atoms with van der Waals surface area (Å²) < 4.78 is 0. The van der Waals surface area contributed by atoms with Gasteiger partial charge in [0, 0.05) is 117 Å². The molecular formula is C93H100S12. The number of hydrogen-bond donors (Lipinski definition) is 0. The van der Waals surface area contributed by atoms with Crippen molar-refractivity contribution in [1.29, 1.82) is 0 Å². The van der Waals surface area contributed by atoms with Gasteiger partial charge in [0.05, 0.1) is 0 Å². The summed E-state index contributed by atoms with van der Waals surface area (Å²) in [5, 5.41) is 0. The zero-order chi connectivity index (χ0) is 72.2. The van der Waals surface area contributed by atoms with Crippen LogP contribution in [-0.2, 0) is 32.1 Å². The molecule has 0 saturated heterocycles. The lowest BCUT2D eigenvalue weighted by Gasteiger charge is -2.05. The van der Waals surface area contributed by atoms with Crippen molar-refractivity contribution in [2.24, 2.45) is 0 Å². The van der Waals surface area contributed by atoms with Gasteiger partial charge >= 0.3 is 0 Å². The van der Waals surface area contributed by atoms with Crippen LogP contribution >= 0.6 is 136 Å². The van der Waals surface area contributed by atoms with Gasteiger partial charge in [0.15, 0.2) is 0 Å². The Balaban J connectivity index is 0.711. The predicted molar refractivity (Wildman–Crippen MR) is 485 cm³/mol. The van der Waals surface area contributed by atoms with Crippen LogP contribution in [0.15, 0.2) is 158 Å². The van der Waals surface area contributed by atoms with E-state index in [9.17, 15) is 0 Å². The SMILES string of the molecule is CCCCCCc1cc(C)sc1-c1ccc(-c2ccc(-c3sc(-c4cc(C)cc(-c5cc(CCCCCC)c(-c6ccc(-c7ccc(-c8sc(-c9cc(CCCCCC)c(-c%10ccc(-c%11ccc(-c%12sc(-c%13ccccc%13)cc%12CCCCCC)s%11)s%10)s9)cc8CCCCCC)s7)s6)s5)c4)cc3C)s2)s1. The number of unbranched alkanes of at least 4 members (excludes halogenated alkanes) is 15. The van der Waals surface area contributed by atoms with Crippen LogP contribution in [0.25, 0.3) is 129 Å². The molecule has 0 amide bonds. The maximum absolute atomic E-state index is 2.61. The van der Waals surface area contributed by atoms with Crippen molar-refractivity contribution in [2.45, 2.75) is 216 Å². The molecule has 0 aliphatic rings. The van der Waals surface area contributed by atoms with Crippen LogP contribution in [0.3, 0.4) is 0 Å². The second kappa shape index (κ2) is 37.0. The van der Waals surface area contributed by atoms with Crippen molar-refractivity contribution in [1.82, 2.24) is 0 Å². The fraction of sp³-hybridized carbons (Fsp3) is 0.355. The van der Waals surface area contributed by atoms with E-state index in [-0.39, 0.29) is 0 Å². The van der Waals surface area contributed by atoms with Gasteiger partial charge in [-0.05, 0) is 256 Å². The van der Waals surface area contributed by atoms with Gasteiger partial charge in [-0.2, -0.15) is 0 Å². The van der Waals surface area contributed by atoms with Crippen LogP contribution in [0.4, 0.5) is 0 Å². The van der Waals surface area contributed by atoms with E-state index in [4.69, 9.17) is 0 Å². The Bertz CT molecular complexity index is 5080. The molecule has 0 nitrogen and oxygen atoms in total. The van der Waals surface area contributed by atoms with Gasteiger partial charge in [-0.15, -0.1) is 136 Å². The van der Waals surface area contributed by atoms with E-state index in [0.29, 0.717) is 0 Å². The minimum Gasteiger partial charge on any atom is -0.139 e. The van der Waals surface area contributed by atoms with Crippen molar-refractivity contribution >= 4 is 136 Å². The monoisotopic (exact) mass is 1600 g/mol. The third kappa shape index (κ3) is 18.7. The molecule has 14 aromatic rings. The molecule has 0 fully saturated rings. The summed E-state index contributed by atoms with van der Waals surface area (Å²) >= 11 is 23.9. The molecule has 0 aliphatic heterocycles. The van der Waals surface area contributed by atoms with E-state index in [1.165, 1.54) is 308 Å². The highest BCUT2D eigenvalue weighted by atomic mass is 32.1. The molecule has 0 aliphatic carbocycles. The van der Waals surface area contributed by atoms with Crippen LogP contribution in [0.2, 0.25) is 0 Å². The molecule has 14 rings (SSSR count). The topological polar surface area (TPSA) is 0 Å². The number of thiophene rings is 12. The highest BCUT2D eigenvalue weighted by Crippen LogP contribution is 2.54. The van der Waals surface area contributed by atoms with E-state index >= 15 is 0 Å². The Labute approximate surface area is 675 Å². The third-order valence-corrected chi connectivity index (χ3v) is 35.8. The second-order valence-corrected chi connectivity index (χ2v) is 41.7. The molecule has 2 aromatic carbocycles. The van der Waals surface area contributed by atoms with Gasteiger partial charge in [0.1, 0.15) is 0 Å². The predicted octanol–water partition coefficient (Wildman–Crippen LogP) is 35.6. The van der Waals surface area contributed by atoms with Crippen molar-refractivity contribution in [3.63, 3.8) is 0 Å². The quantitative estimate of drug-likeness (QED) is 0.0338. The minimum atomic E-state index is 1.11. The first kappa shape index (κ1) is 76.6. The van der Waals surface area contributed by atoms with Crippen LogP contribution in [-0.4, -0.2) is 0 Å². The lowest BCUT2D eigenvalue weighted by atomic mass is 10.0. The summed E-state index contributed by atoms with van der Waals surface area (Å²) in [6.45, 7) is 18.5. The molecule has 0 radical (unpaired) electrons. The van der Waals surface area contributed by atoms with Crippen LogP contribution in [0.1, 0.15) is 207 Å². The molecule has 12 aromatic heterocycles. The molecule has 544 valence electrons. The fourth-order valence-electron chi connectivity index (χ4n) is 14.6. The highest BCUT2D eigenvalue weighted by molar-refractivity contribution is 7.32. The maximum atomic E-state index is 2.61. The molecule has 12 heteroatoms. The standard InChI is InChI=1S/C93H100S12/c1-9-14-19-25-34-64-54-62(8)94-89(64)78-46-40-72(96-78)71-39-45-77(95-71)88-61(7)53-83(101-88)69-51-60(6)52-70(55-69)85-57-66(36-27-21-16-11-3)91(103-85)80-48-42-74(98-80)76-44-50-82(100-76)93-68(38-29-23-18-13-5)59-87(105-93)86-58-67(37-28-22-17-12-4)92(104-86)81-49-43-75(99-81)73-41-47-79(97-73)90-65(35-26-20-15-10-2)56-84(102-90)63-32-30-24-31-33-63/h24,30-33,39-59H,9-23,25-29,34-38H2,1-8H3. The van der Waals surface area contributed by atoms with Gasteiger partial charge < -0.3 is 0 Å². The molecule has 12 heterocycles. The minimum absolute atomic E-state index is 1.11. The Morgan fingerprint density at radius 2 is 0.476 bits per heavy atom. The zero-order valence-corrected chi connectivity index (χ0v) is 72.4. The Hall–Kier alpha value is -5.16. The summed E-state index contributed by atoms with van der Waals surface area (Å²) in [5.74, 6) is 0. The summed E-state index contributed by atoms with van der Waals surface area (Å²) in [7, 11) is 0. The Kier molecular flexibility index (Phi) is 27.0. The van der Waals surface area contributed by atoms with Crippen molar-refractivity contribution in [3.05, 3.63) is 202 Å². The largest absolute Gasteiger partial charge is 0.139 e. The van der Waals surface area contributed by atoms with Gasteiger partial charge in [-0.25, -0.2) is 0 Å². The van der Waals surface area contributed by atoms with E-state index in [1.807, 2.05) is 113 Å². The maximum Gasteiger partial charge on any atom is 0.0481 e. The van der Waals surface area contributed by atoms with Gasteiger partial charge in [-0.3, -0.25) is 0 Å². The van der Waals surface area contributed by atoms with Gasteiger partial charge in [0.25, 0.3) is 0 Å². The number of rotatable bonds is 38. The lowest BCUT2D eigenvalue weighted by molar-refractivity contribution is 0.668. The molecule has 105 heavy (non-hydrogen) atoms. The molecular weight excluding hydrogens is 1500 g/mol. The van der Waals surface area contributed by atoms with Crippen molar-refractivity contribution in [2.75, 3.05) is 0 Å². The van der Waals surface area contributed by atoms with E-state index in [1.54, 1.807) is 0 Å². The number of benzene rings is 2. The van der Waals surface area contributed by atoms with Crippen molar-refractivity contribution < 1.29 is 0 Å². The summed E-state index contributed by atoms with van der Waals surface area (Å²) in [4.78, 5) is 33.8. The van der Waals surface area contributed by atoms with Crippen LogP contribution in [0, 0.1) is 20.8 Å². The average molecular weight is 1600 g/mol. The van der Waals surface area contributed by atoms with Gasteiger partial charge in [-0.1, -0.05) is 173 Å². The van der Waals surface area contributed by atoms with Crippen molar-refractivity contribution in [3.8, 4) is 129 Å². The average Bonchev–Trinajstić information content (AvgIpc) is 1.63. The second-order valence-electron chi connectivity index (χ2n) is 28.7. The zero-order valence-electron chi connectivity index (χ0n) is 62.6.